The third-order valence-corrected chi connectivity index (χ3v) is 19.4. The van der Waals surface area contributed by atoms with E-state index in [1.165, 1.54) is 18.4 Å². The Balaban J connectivity index is -0.000000151. The highest BCUT2D eigenvalue weighted by atomic mass is 32.2. The second-order valence-electron chi connectivity index (χ2n) is 41.3. The number of urea groups is 5. The Morgan fingerprint density at radius 1 is 0.404 bits per heavy atom. The molecule has 26 nitrogen and oxygen atoms in total. The monoisotopic (exact) mass is 2010 g/mol. The molecule has 0 radical (unpaired) electrons. The van der Waals surface area contributed by atoms with Gasteiger partial charge in [-0.25, -0.2) is 40.8 Å². The topological polar surface area (TPSA) is 318 Å². The van der Waals surface area contributed by atoms with Crippen molar-refractivity contribution in [1.29, 1.82) is 0 Å². The van der Waals surface area contributed by atoms with Gasteiger partial charge in [0.1, 0.15) is 21.4 Å². The molecule has 3 aliphatic heterocycles. The Morgan fingerprint density at radius 2 is 0.723 bits per heavy atom. The molecular formula is C113H201N13O13S2. The lowest BCUT2D eigenvalue weighted by Gasteiger charge is -2.32. The number of carbonyl (C=O) groups is 8. The Labute approximate surface area is 864 Å². The fourth-order valence-electron chi connectivity index (χ4n) is 10.4. The van der Waals surface area contributed by atoms with E-state index in [9.17, 15) is 55.2 Å². The maximum atomic E-state index is 12.0. The van der Waals surface area contributed by atoms with E-state index in [1.807, 2.05) is 163 Å². The van der Waals surface area contributed by atoms with Crippen LogP contribution in [0.15, 0.2) is 59.5 Å². The van der Waals surface area contributed by atoms with E-state index in [0.717, 1.165) is 63.4 Å². The maximum Gasteiger partial charge on any atom is 0.319 e. The summed E-state index contributed by atoms with van der Waals surface area (Å²) in [6, 6.07) is 15.8. The lowest BCUT2D eigenvalue weighted by atomic mass is 9.97. The number of likely N-dealkylation sites (tertiary alicyclic amines) is 1. The summed E-state index contributed by atoms with van der Waals surface area (Å²) in [5, 5.41) is 19.2. The molecule has 0 aliphatic carbocycles. The molecule has 3 saturated heterocycles. The van der Waals surface area contributed by atoms with Gasteiger partial charge in [-0.1, -0.05) is 178 Å². The highest BCUT2D eigenvalue weighted by Gasteiger charge is 2.24. The van der Waals surface area contributed by atoms with Gasteiger partial charge in [0, 0.05) is 166 Å². The minimum absolute atomic E-state index is 0. The molecule has 0 spiro atoms. The van der Waals surface area contributed by atoms with Crippen molar-refractivity contribution in [1.82, 2.24) is 61.3 Å². The number of carbonyl (C=O) groups excluding carboxylic acids is 8. The molecule has 0 saturated carbocycles. The molecule has 141 heavy (non-hydrogen) atoms. The molecular weight excluding hydrogens is 1810 g/mol. The van der Waals surface area contributed by atoms with Crippen LogP contribution in [0, 0.1) is 145 Å². The van der Waals surface area contributed by atoms with Crippen LogP contribution in [0.1, 0.15) is 310 Å². The van der Waals surface area contributed by atoms with Crippen LogP contribution in [-0.4, -0.2) is 250 Å². The molecule has 808 valence electrons. The summed E-state index contributed by atoms with van der Waals surface area (Å²) in [4.78, 5) is 104. The van der Waals surface area contributed by atoms with E-state index in [-0.39, 0.29) is 174 Å². The fourth-order valence-corrected chi connectivity index (χ4v) is 12.3. The van der Waals surface area contributed by atoms with Crippen LogP contribution in [0.2, 0.25) is 0 Å². The van der Waals surface area contributed by atoms with E-state index in [1.54, 1.807) is 36.0 Å². The average Bonchev–Trinajstić information content (AvgIpc) is 0.971. The van der Waals surface area contributed by atoms with Gasteiger partial charge < -0.3 is 71.4 Å². The number of ketones is 1. The van der Waals surface area contributed by atoms with E-state index in [0.29, 0.717) is 97.6 Å². The minimum Gasteiger partial charge on any atom is -0.378 e. The average molecular weight is 2010 g/mol. The Bertz CT molecular complexity index is 4640. The molecule has 2 aromatic rings. The first-order valence-electron chi connectivity index (χ1n) is 46.0. The van der Waals surface area contributed by atoms with Crippen molar-refractivity contribution in [3.05, 3.63) is 60.2 Å². The van der Waals surface area contributed by atoms with Crippen molar-refractivity contribution in [2.75, 3.05) is 149 Å². The van der Waals surface area contributed by atoms with Gasteiger partial charge in [-0.3, -0.25) is 14.4 Å². The summed E-state index contributed by atoms with van der Waals surface area (Å²) in [5.74, 6) is 47.3. The summed E-state index contributed by atoms with van der Waals surface area (Å²) in [6.07, 6.45) is 6.37. The summed E-state index contributed by atoms with van der Waals surface area (Å²) >= 11 is 0. The quantitative estimate of drug-likeness (QED) is 0.0606. The summed E-state index contributed by atoms with van der Waals surface area (Å²) in [5.41, 5.74) is 1.57. The predicted molar refractivity (Wildman–Crippen MR) is 600 cm³/mol. The molecule has 3 aliphatic rings. The van der Waals surface area contributed by atoms with Crippen LogP contribution < -0.4 is 37.2 Å². The molecule has 3 fully saturated rings. The molecule has 12 amide bonds. The van der Waals surface area contributed by atoms with Gasteiger partial charge in [-0.2, -0.15) is 0 Å². The number of ether oxygens (including phenoxy) is 1. The van der Waals surface area contributed by atoms with Gasteiger partial charge >= 0.3 is 30.2 Å². The molecule has 2 aromatic carbocycles. The number of morpholine rings is 1. The van der Waals surface area contributed by atoms with Gasteiger partial charge in [-0.15, -0.1) is 11.8 Å². The highest BCUT2D eigenvalue weighted by Crippen LogP contribution is 2.18. The second kappa shape index (κ2) is 78.2. The van der Waals surface area contributed by atoms with Gasteiger partial charge in [-0.05, 0) is 251 Å². The van der Waals surface area contributed by atoms with Gasteiger partial charge in [0.15, 0.2) is 9.84 Å². The van der Waals surface area contributed by atoms with Crippen molar-refractivity contribution in [3.8, 4) is 94.7 Å². The zero-order valence-electron chi connectivity index (χ0n) is 87.5. The molecule has 0 atom stereocenters. The summed E-state index contributed by atoms with van der Waals surface area (Å²) in [7, 11) is -0.946. The number of Topliss-reactive ketones (excluding diaryl/α,β-unsaturated/α-hetero) is 1. The molecule has 0 unspecified atom stereocenters. The van der Waals surface area contributed by atoms with E-state index in [2.05, 4.69) is 227 Å². The third-order valence-electron chi connectivity index (χ3n) is 16.8. The zero-order valence-corrected chi connectivity index (χ0v) is 89.2. The minimum atomic E-state index is -3.60. The van der Waals surface area contributed by atoms with Gasteiger partial charge in [0.2, 0.25) is 11.8 Å². The Kier molecular flexibility index (Phi) is 85.2. The molecule has 0 bridgehead atoms. The number of para-hydroxylation sites is 1. The first-order valence-corrected chi connectivity index (χ1v) is 49.7. The van der Waals surface area contributed by atoms with Crippen molar-refractivity contribution >= 4 is 73.1 Å². The Morgan fingerprint density at radius 3 is 1.06 bits per heavy atom. The van der Waals surface area contributed by atoms with Crippen LogP contribution in [0.3, 0.4) is 0 Å². The number of benzene rings is 2. The number of piperazine rings is 1. The zero-order chi connectivity index (χ0) is 103. The number of sulfone groups is 2. The van der Waals surface area contributed by atoms with Crippen LogP contribution in [0.25, 0.3) is 0 Å². The predicted octanol–water partition coefficient (Wildman–Crippen LogP) is 20.8. The number of hydrogen-bond acceptors (Lipinski definition) is 14. The molecule has 3 heterocycles. The lowest BCUT2D eigenvalue weighted by Crippen LogP contribution is -2.50. The number of likely N-dealkylation sites (N-methyl/N-ethyl adjacent to an activating group) is 1. The van der Waals surface area contributed by atoms with Crippen molar-refractivity contribution in [3.63, 3.8) is 0 Å². The number of nitrogens with one attached hydrogen (secondary N) is 7. The third kappa shape index (κ3) is 98.3. The molecule has 0 aromatic heterocycles. The number of aryl methyl sites for hydroxylation is 1. The van der Waals surface area contributed by atoms with Crippen molar-refractivity contribution in [2.45, 2.75) is 329 Å². The standard InChI is InChI=1S/C16H21NO3S.C14H18N2O.C14H26N2O.C13H23N3O.C13H22O3S.C12H20N2O2.C12H20N2O.C11H19NO.8CH4/c1-13-6-8-14(9-7-13)21(19,20)12-15(18)17-11-5-10-16(2,3)4;1-14(2,3)10-7-11-15-13(17)16-12-8-5-4-6-9-12;1-11(2)16(12(3)4)13(17)15-10-8-9-14(5,6)7;1-13(2,3)6-5-7-14-12(17)16-10-8-15(4)9-11-16;1-13(2,3)10-6-5-8-12(14)9-7-11-17(4,15)16;1-12(2,3)5-4-6-13-11(15)14-7-9-16-10-8-14;1-12(2,3)7-6-8-13-11(15)14-9-4-5-10-14;1-11(2,3)9-7-6-8-10(13)12(4)5;;;;;;;;/h6-9H,11-12H2,1-4H3,(H,17,18);4-6,8-9H,11H2,1-3H3,(H2,15,16,17);11-12H,10H2,1-7H3,(H,15,17);7-11H2,1-4H3,(H,14,17);5,7-9,11H2,1-4H3;6-10H2,1-3H3,(H,13,15);4-5,8-10H2,1-3H3,(H,13,15);6,8H2,1-5H3;8*1H4. The molecule has 7 N–H and O–H groups in total. The number of anilines is 1. The van der Waals surface area contributed by atoms with Crippen molar-refractivity contribution < 1.29 is 59.9 Å². The first-order chi connectivity index (χ1) is 61.0. The van der Waals surface area contributed by atoms with Gasteiger partial charge in [0.05, 0.1) is 63.1 Å². The molecule has 5 rings (SSSR count). The second-order valence-corrected chi connectivity index (χ2v) is 45.6. The number of amides is 12. The largest absolute Gasteiger partial charge is 0.378 e. The lowest BCUT2D eigenvalue weighted by molar-refractivity contribution is -0.128. The van der Waals surface area contributed by atoms with Crippen LogP contribution in [0.5, 0.6) is 0 Å². The first kappa shape index (κ1) is 153. The molecule has 28 heteroatoms. The van der Waals surface area contributed by atoms with Crippen LogP contribution >= 0.6 is 0 Å². The van der Waals surface area contributed by atoms with E-state index < -0.39 is 31.3 Å². The van der Waals surface area contributed by atoms with E-state index >= 15 is 0 Å². The number of nitrogens with zero attached hydrogens (tertiary/aromatic N) is 6. The van der Waals surface area contributed by atoms with Crippen molar-refractivity contribution in [2.24, 2.45) is 43.3 Å². The normalized spacial score (nSPS) is 12.2. The highest BCUT2D eigenvalue weighted by molar-refractivity contribution is 7.92. The fraction of sp³-hybridized carbons (Fsp3) is 0.681. The smallest absolute Gasteiger partial charge is 0.319 e. The summed E-state index contributed by atoms with van der Waals surface area (Å²) in [6.45, 7) is 68.9. The summed E-state index contributed by atoms with van der Waals surface area (Å²) < 4.78 is 51.0. The maximum absolute atomic E-state index is 12.0. The van der Waals surface area contributed by atoms with Gasteiger partial charge in [0.25, 0.3) is 0 Å². The van der Waals surface area contributed by atoms with Crippen LogP contribution in [0.4, 0.5) is 29.7 Å². The Hall–Kier alpha value is -10.3. The number of rotatable bonds is 20. The van der Waals surface area contributed by atoms with E-state index in [4.69, 9.17) is 4.74 Å². The van der Waals surface area contributed by atoms with Crippen LogP contribution in [-0.2, 0) is 38.8 Å². The number of hydrogen-bond donors (Lipinski definition) is 7. The SMILES string of the molecule is C.C.C.C.C.C.C.C.CC(C)(C)C#CCCC(=O)CCCS(C)(=O)=O.CC(C)(C)C#CCNC(=O)N1CCCC1.CC(C)(C)C#CCNC(=O)N1CCOCC1.CC(C)(C)C#CCNC(=O)Nc1ccccc1.CC(C)N(C(=O)NCC#CC(C)(C)C)C(C)C.CN(C)C(=O)CCC#CC(C)(C)C.CN1CCN(C(=O)NCC#CC(C)(C)C)CC1.Cc1ccc(S(=O)(=O)CC(=O)NCC#CC(C)(C)C)cc1.